The van der Waals surface area contributed by atoms with Crippen molar-refractivity contribution in [3.8, 4) is 5.75 Å². The quantitative estimate of drug-likeness (QED) is 0.731. The number of hydrogen-bond acceptors (Lipinski definition) is 4. The molecule has 0 aliphatic rings. The zero-order valence-corrected chi connectivity index (χ0v) is 13.8. The summed E-state index contributed by atoms with van der Waals surface area (Å²) in [6.07, 6.45) is 1.75. The lowest BCUT2D eigenvalue weighted by atomic mass is 9.77. The van der Waals surface area contributed by atoms with Crippen LogP contribution in [0.5, 0.6) is 5.75 Å². The number of anilines is 1. The number of aromatic nitrogens is 2. The van der Waals surface area contributed by atoms with Crippen LogP contribution in [0, 0.1) is 0 Å². The van der Waals surface area contributed by atoms with Crippen LogP contribution in [0.4, 0.5) is 5.82 Å². The molecule has 4 N–H and O–H groups in total. The van der Waals surface area contributed by atoms with Crippen LogP contribution in [-0.2, 0) is 5.41 Å². The lowest BCUT2D eigenvalue weighted by molar-refractivity contribution is 0.0945. The number of nitrogen functional groups attached to an aromatic ring is 1. The molecule has 0 radical (unpaired) electrons. The van der Waals surface area contributed by atoms with Crippen molar-refractivity contribution in [1.82, 2.24) is 15.5 Å². The molecular formula is C17H24N4O2. The van der Waals surface area contributed by atoms with Crippen molar-refractivity contribution in [2.45, 2.75) is 32.1 Å². The second-order valence-corrected chi connectivity index (χ2v) is 5.83. The molecule has 6 nitrogen and oxygen atoms in total. The first kappa shape index (κ1) is 16.9. The van der Waals surface area contributed by atoms with E-state index in [-0.39, 0.29) is 11.3 Å². The first-order valence-corrected chi connectivity index (χ1v) is 7.72. The highest BCUT2D eigenvalue weighted by Crippen LogP contribution is 2.36. The van der Waals surface area contributed by atoms with Crippen LogP contribution in [0.25, 0.3) is 0 Å². The fraction of sp³-hybridized carbons (Fsp3) is 0.412. The van der Waals surface area contributed by atoms with E-state index in [1.54, 1.807) is 7.11 Å². The van der Waals surface area contributed by atoms with Crippen LogP contribution in [0.2, 0.25) is 0 Å². The normalized spacial score (nSPS) is 13.3. The van der Waals surface area contributed by atoms with Gasteiger partial charge in [0.05, 0.1) is 7.11 Å². The Bertz CT molecular complexity index is 668. The zero-order valence-electron chi connectivity index (χ0n) is 13.8. The molecule has 124 valence electrons. The van der Waals surface area contributed by atoms with Crippen molar-refractivity contribution in [2.75, 3.05) is 19.4 Å². The number of amides is 1. The third kappa shape index (κ3) is 3.83. The van der Waals surface area contributed by atoms with Gasteiger partial charge in [0.1, 0.15) is 17.3 Å². The molecule has 0 spiro atoms. The number of carbonyl (C=O) groups is 1. The lowest BCUT2D eigenvalue weighted by Gasteiger charge is -2.30. The molecule has 0 fully saturated rings. The Labute approximate surface area is 136 Å². The minimum atomic E-state index is -0.201. The number of H-pyrrole nitrogens is 1. The first-order valence-electron chi connectivity index (χ1n) is 7.72. The molecule has 6 heteroatoms. The number of hydrogen-bond donors (Lipinski definition) is 3. The molecule has 0 saturated heterocycles. The van der Waals surface area contributed by atoms with Gasteiger partial charge < -0.3 is 15.8 Å². The van der Waals surface area contributed by atoms with Gasteiger partial charge in [-0.3, -0.25) is 9.89 Å². The number of nitrogens with two attached hydrogens (primary N) is 1. The van der Waals surface area contributed by atoms with Crippen molar-refractivity contribution >= 4 is 11.7 Å². The molecule has 1 amide bonds. The van der Waals surface area contributed by atoms with E-state index in [1.807, 2.05) is 18.2 Å². The zero-order chi connectivity index (χ0) is 16.9. The van der Waals surface area contributed by atoms with Crippen molar-refractivity contribution in [1.29, 1.82) is 0 Å². The summed E-state index contributed by atoms with van der Waals surface area (Å²) in [7, 11) is 1.68. The number of benzene rings is 1. The second kappa shape index (κ2) is 7.17. The number of ether oxygens (including phenoxy) is 1. The molecule has 2 rings (SSSR count). The van der Waals surface area contributed by atoms with Crippen molar-refractivity contribution in [3.05, 3.63) is 41.6 Å². The van der Waals surface area contributed by atoms with Gasteiger partial charge in [-0.2, -0.15) is 5.10 Å². The Morgan fingerprint density at radius 1 is 1.43 bits per heavy atom. The topological polar surface area (TPSA) is 93.0 Å². The Morgan fingerprint density at radius 2 is 2.17 bits per heavy atom. The molecule has 0 saturated carbocycles. The minimum Gasteiger partial charge on any atom is -0.496 e. The predicted molar refractivity (Wildman–Crippen MR) is 90.6 cm³/mol. The number of aromatic amines is 1. The molecule has 0 aliphatic carbocycles. The van der Waals surface area contributed by atoms with Gasteiger partial charge in [0, 0.05) is 18.2 Å². The number of nitrogens with one attached hydrogen (secondary N) is 2. The van der Waals surface area contributed by atoms with E-state index < -0.39 is 0 Å². The van der Waals surface area contributed by atoms with E-state index in [4.69, 9.17) is 10.5 Å². The SMILES string of the molecule is CCC(C)(CCNC(=O)c1cc(N)n[nH]1)c1ccccc1OC. The van der Waals surface area contributed by atoms with Gasteiger partial charge in [0.15, 0.2) is 0 Å². The molecule has 1 aromatic heterocycles. The molecule has 2 aromatic rings. The Balaban J connectivity index is 2.03. The first-order chi connectivity index (χ1) is 11.0. The summed E-state index contributed by atoms with van der Waals surface area (Å²) in [6, 6.07) is 9.55. The molecule has 0 aliphatic heterocycles. The van der Waals surface area contributed by atoms with Gasteiger partial charge in [-0.15, -0.1) is 0 Å². The number of rotatable bonds is 7. The van der Waals surface area contributed by atoms with Crippen LogP contribution in [0.15, 0.2) is 30.3 Å². The van der Waals surface area contributed by atoms with Gasteiger partial charge in [0.25, 0.3) is 5.91 Å². The molecule has 1 atom stereocenters. The van der Waals surface area contributed by atoms with E-state index in [2.05, 4.69) is 35.4 Å². The maximum absolute atomic E-state index is 12.0. The van der Waals surface area contributed by atoms with Crippen LogP contribution < -0.4 is 15.8 Å². The van der Waals surface area contributed by atoms with Crippen molar-refractivity contribution in [2.24, 2.45) is 0 Å². The Morgan fingerprint density at radius 3 is 2.78 bits per heavy atom. The maximum Gasteiger partial charge on any atom is 0.269 e. The number of carbonyl (C=O) groups excluding carboxylic acids is 1. The van der Waals surface area contributed by atoms with E-state index >= 15 is 0 Å². The van der Waals surface area contributed by atoms with E-state index in [1.165, 1.54) is 6.07 Å². The van der Waals surface area contributed by atoms with Crippen LogP contribution in [-0.4, -0.2) is 29.8 Å². The van der Waals surface area contributed by atoms with Gasteiger partial charge in [-0.25, -0.2) is 0 Å². The highest BCUT2D eigenvalue weighted by molar-refractivity contribution is 5.92. The summed E-state index contributed by atoms with van der Waals surface area (Å²) in [4.78, 5) is 12.0. The second-order valence-electron chi connectivity index (χ2n) is 5.83. The summed E-state index contributed by atoms with van der Waals surface area (Å²) in [5, 5.41) is 9.27. The molecule has 0 bridgehead atoms. The van der Waals surface area contributed by atoms with Gasteiger partial charge >= 0.3 is 0 Å². The summed E-state index contributed by atoms with van der Waals surface area (Å²) in [5.74, 6) is 0.986. The Hall–Kier alpha value is -2.50. The average Bonchev–Trinajstić information content (AvgIpc) is 3.01. The molecular weight excluding hydrogens is 292 g/mol. The molecule has 1 heterocycles. The molecule has 1 aromatic carbocycles. The highest BCUT2D eigenvalue weighted by atomic mass is 16.5. The molecule has 1 unspecified atom stereocenters. The third-order valence-electron chi connectivity index (χ3n) is 4.34. The molecule has 23 heavy (non-hydrogen) atoms. The number of para-hydroxylation sites is 1. The predicted octanol–water partition coefficient (Wildman–Crippen LogP) is 2.49. The lowest BCUT2D eigenvalue weighted by Crippen LogP contribution is -2.31. The van der Waals surface area contributed by atoms with Crippen molar-refractivity contribution in [3.63, 3.8) is 0 Å². The van der Waals surface area contributed by atoms with Gasteiger partial charge in [0.2, 0.25) is 0 Å². The van der Waals surface area contributed by atoms with Gasteiger partial charge in [-0.05, 0) is 24.3 Å². The standard InChI is InChI=1S/C17H24N4O2/c1-4-17(2,12-7-5-6-8-14(12)23-3)9-10-19-16(22)13-11-15(18)21-20-13/h5-8,11H,4,9-10H2,1-3H3,(H,19,22)(H3,18,20,21). The van der Waals surface area contributed by atoms with E-state index in [9.17, 15) is 4.79 Å². The van der Waals surface area contributed by atoms with E-state index in [0.29, 0.717) is 18.1 Å². The summed E-state index contributed by atoms with van der Waals surface area (Å²) in [6.45, 7) is 4.88. The Kier molecular flexibility index (Phi) is 5.26. The van der Waals surface area contributed by atoms with Gasteiger partial charge in [-0.1, -0.05) is 32.0 Å². The fourth-order valence-electron chi connectivity index (χ4n) is 2.65. The minimum absolute atomic E-state index is 0.0765. The van der Waals surface area contributed by atoms with Crippen molar-refractivity contribution < 1.29 is 9.53 Å². The smallest absolute Gasteiger partial charge is 0.269 e. The average molecular weight is 316 g/mol. The summed E-state index contributed by atoms with van der Waals surface area (Å²) < 4.78 is 5.48. The maximum atomic E-state index is 12.0. The van der Waals surface area contributed by atoms with E-state index in [0.717, 1.165) is 24.2 Å². The largest absolute Gasteiger partial charge is 0.496 e. The fourth-order valence-corrected chi connectivity index (χ4v) is 2.65. The highest BCUT2D eigenvalue weighted by Gasteiger charge is 2.27. The number of methoxy groups -OCH3 is 1. The third-order valence-corrected chi connectivity index (χ3v) is 4.34. The monoisotopic (exact) mass is 316 g/mol. The van der Waals surface area contributed by atoms with Crippen LogP contribution in [0.3, 0.4) is 0 Å². The number of nitrogens with zero attached hydrogens (tertiary/aromatic N) is 1. The van der Waals surface area contributed by atoms with Crippen LogP contribution in [0.1, 0.15) is 42.7 Å². The summed E-state index contributed by atoms with van der Waals surface area (Å²) in [5.41, 5.74) is 6.96. The summed E-state index contributed by atoms with van der Waals surface area (Å²) >= 11 is 0. The van der Waals surface area contributed by atoms with Crippen LogP contribution >= 0.6 is 0 Å².